The summed E-state index contributed by atoms with van der Waals surface area (Å²) >= 11 is 0. The normalized spacial score (nSPS) is 9.00. The lowest BCUT2D eigenvalue weighted by Crippen LogP contribution is -2.00. The molecule has 1 aromatic rings. The first-order valence-corrected chi connectivity index (χ1v) is 2.41. The third-order valence-corrected chi connectivity index (χ3v) is 0.904. The molecule has 0 unspecified atom stereocenters. The van der Waals surface area contributed by atoms with Crippen LogP contribution in [0.25, 0.3) is 0 Å². The zero-order valence-electron chi connectivity index (χ0n) is 4.92. The van der Waals surface area contributed by atoms with Crippen molar-refractivity contribution < 1.29 is 11.0 Å². The van der Waals surface area contributed by atoms with Crippen molar-refractivity contribution in [2.24, 2.45) is 0 Å². The molecule has 9 heavy (non-hydrogen) atoms. The van der Waals surface area contributed by atoms with Gasteiger partial charge < -0.3 is 9.72 Å². The molecule has 0 atom stereocenters. The van der Waals surface area contributed by atoms with Gasteiger partial charge in [0.2, 0.25) is 0 Å². The van der Waals surface area contributed by atoms with Crippen LogP contribution in [0.15, 0.2) is 12.5 Å². The Labute approximate surface area is 53.3 Å². The van der Waals surface area contributed by atoms with Crippen LogP contribution in [0.2, 0.25) is 0 Å². The lowest BCUT2D eigenvalue weighted by molar-refractivity contribution is 0.0594. The molecule has 0 bridgehead atoms. The third kappa shape index (κ3) is 1.07. The maximum Gasteiger partial charge on any atom is 0.356 e. The van der Waals surface area contributed by atoms with Gasteiger partial charge in [0.25, 0.3) is 0 Å². The molecular formula is C5H8N2O2. The molecule has 0 amide bonds. The Balaban J connectivity index is 0.000000810. The summed E-state index contributed by atoms with van der Waals surface area (Å²) in [6.07, 6.45) is 2.83. The van der Waals surface area contributed by atoms with Crippen molar-refractivity contribution in [3.63, 3.8) is 0 Å². The number of ether oxygens (including phenoxy) is 1. The van der Waals surface area contributed by atoms with Crippen LogP contribution in [0, 0.1) is 0 Å². The Kier molecular flexibility index (Phi) is 1.48. The molecule has 1 aromatic heterocycles. The number of carbonyl (C=O) groups is 1. The predicted molar refractivity (Wildman–Crippen MR) is 32.0 cm³/mol. The van der Waals surface area contributed by atoms with Gasteiger partial charge in [0, 0.05) is 1.43 Å². The highest BCUT2D eigenvalue weighted by Gasteiger charge is 2.03. The van der Waals surface area contributed by atoms with E-state index in [2.05, 4.69) is 14.7 Å². The first-order valence-electron chi connectivity index (χ1n) is 2.41. The summed E-state index contributed by atoms with van der Waals surface area (Å²) in [5.41, 5.74) is 0.373. The number of rotatable bonds is 1. The molecule has 0 fully saturated rings. The molecule has 1 heterocycles. The van der Waals surface area contributed by atoms with Crippen LogP contribution < -0.4 is 0 Å². The number of nitrogens with zero attached hydrogens (tertiary/aromatic N) is 1. The number of aromatic nitrogens is 2. The molecule has 4 heteroatoms. The van der Waals surface area contributed by atoms with Gasteiger partial charge in [-0.15, -0.1) is 0 Å². The van der Waals surface area contributed by atoms with E-state index in [4.69, 9.17) is 0 Å². The van der Waals surface area contributed by atoms with Gasteiger partial charge in [-0.3, -0.25) is 0 Å². The number of methoxy groups -OCH3 is 1. The number of esters is 1. The van der Waals surface area contributed by atoms with Crippen molar-refractivity contribution in [2.45, 2.75) is 0 Å². The van der Waals surface area contributed by atoms with Gasteiger partial charge in [-0.05, 0) is 0 Å². The zero-order valence-corrected chi connectivity index (χ0v) is 4.92. The maximum absolute atomic E-state index is 10.6. The topological polar surface area (TPSA) is 55.0 Å². The lowest BCUT2D eigenvalue weighted by atomic mass is 10.5. The van der Waals surface area contributed by atoms with Crippen molar-refractivity contribution in [1.29, 1.82) is 0 Å². The van der Waals surface area contributed by atoms with Crippen molar-refractivity contribution in [1.82, 2.24) is 9.97 Å². The summed E-state index contributed by atoms with van der Waals surface area (Å²) < 4.78 is 4.38. The monoisotopic (exact) mass is 128 g/mol. The highest BCUT2D eigenvalue weighted by atomic mass is 16.5. The largest absolute Gasteiger partial charge is 0.464 e. The van der Waals surface area contributed by atoms with E-state index in [0.29, 0.717) is 5.69 Å². The Bertz CT molecular complexity index is 197. The molecule has 4 nitrogen and oxygen atoms in total. The van der Waals surface area contributed by atoms with Crippen molar-refractivity contribution in [3.8, 4) is 0 Å². The van der Waals surface area contributed by atoms with Gasteiger partial charge >= 0.3 is 5.97 Å². The van der Waals surface area contributed by atoms with Gasteiger partial charge in [-0.25, -0.2) is 9.78 Å². The van der Waals surface area contributed by atoms with Gasteiger partial charge in [-0.1, -0.05) is 0 Å². The average molecular weight is 128 g/mol. The summed E-state index contributed by atoms with van der Waals surface area (Å²) in [7, 11) is 1.32. The maximum atomic E-state index is 10.6. The molecule has 0 aliphatic heterocycles. The second-order valence-corrected chi connectivity index (χ2v) is 1.46. The Morgan fingerprint density at radius 2 is 2.78 bits per heavy atom. The van der Waals surface area contributed by atoms with Crippen LogP contribution in [-0.2, 0) is 4.74 Å². The third-order valence-electron chi connectivity index (χ3n) is 0.904. The summed E-state index contributed by atoms with van der Waals surface area (Å²) in [5.74, 6) is -0.396. The van der Waals surface area contributed by atoms with E-state index in [-0.39, 0.29) is 1.43 Å². The first-order chi connectivity index (χ1) is 4.34. The molecule has 0 radical (unpaired) electrons. The molecule has 0 spiro atoms. The summed E-state index contributed by atoms with van der Waals surface area (Å²) in [4.78, 5) is 16.8. The predicted octanol–water partition coefficient (Wildman–Crippen LogP) is 0.442. The Morgan fingerprint density at radius 1 is 2.00 bits per heavy atom. The summed E-state index contributed by atoms with van der Waals surface area (Å²) in [5, 5.41) is 0. The zero-order chi connectivity index (χ0) is 6.69. The van der Waals surface area contributed by atoms with Crippen molar-refractivity contribution in [3.05, 3.63) is 18.2 Å². The highest BCUT2D eigenvalue weighted by molar-refractivity contribution is 5.86. The van der Waals surface area contributed by atoms with Gasteiger partial charge in [0.05, 0.1) is 19.6 Å². The molecule has 50 valence electrons. The van der Waals surface area contributed by atoms with Crippen molar-refractivity contribution >= 4 is 5.97 Å². The van der Waals surface area contributed by atoms with E-state index < -0.39 is 5.97 Å². The number of aromatic amines is 1. The minimum absolute atomic E-state index is 0. The van der Waals surface area contributed by atoms with Gasteiger partial charge in [0.15, 0.2) is 0 Å². The SMILES string of the molecule is COC(=O)c1cnc[nH]1.[HH]. The second-order valence-electron chi connectivity index (χ2n) is 1.46. The summed E-state index contributed by atoms with van der Waals surface area (Å²) in [6, 6.07) is 0. The number of imidazole rings is 1. The molecule has 1 rings (SSSR count). The fourth-order valence-corrected chi connectivity index (χ4v) is 0.477. The van der Waals surface area contributed by atoms with E-state index in [9.17, 15) is 4.79 Å². The second kappa shape index (κ2) is 2.30. The van der Waals surface area contributed by atoms with Crippen LogP contribution in [0.5, 0.6) is 0 Å². The minimum Gasteiger partial charge on any atom is -0.464 e. The molecule has 1 N–H and O–H groups in total. The first kappa shape index (κ1) is 5.81. The molecule has 0 saturated carbocycles. The number of hydrogen-bond acceptors (Lipinski definition) is 3. The standard InChI is InChI=1S/C5H6N2O2.H2/c1-9-5(8)4-2-6-3-7-4;/h2-3H,1H3,(H,6,7);1H. The smallest absolute Gasteiger partial charge is 0.356 e. The average Bonchev–Trinajstić information content (AvgIpc) is 2.37. The fourth-order valence-electron chi connectivity index (χ4n) is 0.477. The van der Waals surface area contributed by atoms with E-state index in [0.717, 1.165) is 0 Å². The number of carbonyl (C=O) groups excluding carboxylic acids is 1. The van der Waals surface area contributed by atoms with Gasteiger partial charge in [0.1, 0.15) is 5.69 Å². The fraction of sp³-hybridized carbons (Fsp3) is 0.200. The lowest BCUT2D eigenvalue weighted by Gasteiger charge is -1.90. The van der Waals surface area contributed by atoms with Crippen LogP contribution in [0.3, 0.4) is 0 Å². The quantitative estimate of drug-likeness (QED) is 0.558. The molecule has 0 aromatic carbocycles. The molecule has 0 saturated heterocycles. The number of nitrogens with one attached hydrogen (secondary N) is 1. The van der Waals surface area contributed by atoms with E-state index in [1.54, 1.807) is 0 Å². The Morgan fingerprint density at radius 3 is 3.22 bits per heavy atom. The van der Waals surface area contributed by atoms with Crippen LogP contribution in [0.4, 0.5) is 0 Å². The minimum atomic E-state index is -0.396. The number of H-pyrrole nitrogens is 1. The van der Waals surface area contributed by atoms with Crippen LogP contribution >= 0.6 is 0 Å². The van der Waals surface area contributed by atoms with E-state index in [1.165, 1.54) is 19.6 Å². The van der Waals surface area contributed by atoms with E-state index >= 15 is 0 Å². The highest BCUT2D eigenvalue weighted by Crippen LogP contribution is 1.91. The Hall–Kier alpha value is -1.32. The van der Waals surface area contributed by atoms with Crippen LogP contribution in [-0.4, -0.2) is 23.0 Å². The van der Waals surface area contributed by atoms with E-state index in [1.807, 2.05) is 0 Å². The summed E-state index contributed by atoms with van der Waals surface area (Å²) in [6.45, 7) is 0. The van der Waals surface area contributed by atoms with Crippen LogP contribution in [0.1, 0.15) is 11.9 Å². The number of hydrogen-bond donors (Lipinski definition) is 1. The van der Waals surface area contributed by atoms with Crippen molar-refractivity contribution in [2.75, 3.05) is 7.11 Å². The molecular weight excluding hydrogens is 120 g/mol. The molecule has 0 aliphatic carbocycles. The molecule has 0 aliphatic rings. The van der Waals surface area contributed by atoms with Gasteiger partial charge in [-0.2, -0.15) is 0 Å².